The number of hydrogen-bond acceptors (Lipinski definition) is 4. The number of hydrogen-bond donors (Lipinski definition) is 2. The van der Waals surface area contributed by atoms with Crippen LogP contribution in [0.5, 0.6) is 0 Å². The van der Waals surface area contributed by atoms with Crippen molar-refractivity contribution in [1.82, 2.24) is 0 Å². The Hall–Kier alpha value is -2.03. The van der Waals surface area contributed by atoms with Crippen LogP contribution in [0.1, 0.15) is 16.5 Å². The minimum Gasteiger partial charge on any atom is -0.479 e. The topological polar surface area (TPSA) is 73.1 Å². The molecule has 0 aliphatic heterocycles. The highest BCUT2D eigenvalue weighted by Crippen LogP contribution is 2.26. The molecule has 2 aromatic rings. The predicted octanol–water partition coefficient (Wildman–Crippen LogP) is 3.51. The molecule has 0 saturated carbocycles. The van der Waals surface area contributed by atoms with Crippen molar-refractivity contribution in [1.29, 1.82) is 5.26 Å². The monoisotopic (exact) mass is 292 g/mol. The Bertz CT molecular complexity index is 635. The number of halogens is 1. The number of carboxylic acids is 1. The summed E-state index contributed by atoms with van der Waals surface area (Å²) in [7, 11) is 0. The van der Waals surface area contributed by atoms with Crippen molar-refractivity contribution in [3.8, 4) is 6.07 Å². The van der Waals surface area contributed by atoms with Crippen LogP contribution in [-0.4, -0.2) is 11.1 Å². The molecule has 1 atom stereocenters. The lowest BCUT2D eigenvalue weighted by atomic mass is 10.2. The molecular formula is C13H9ClN2O2S. The number of nitrogens with one attached hydrogen (secondary N) is 1. The summed E-state index contributed by atoms with van der Waals surface area (Å²) in [5, 5.41) is 23.0. The Morgan fingerprint density at radius 1 is 1.47 bits per heavy atom. The summed E-state index contributed by atoms with van der Waals surface area (Å²) in [6.45, 7) is 0. The third-order valence-electron chi connectivity index (χ3n) is 2.48. The van der Waals surface area contributed by atoms with Crippen LogP contribution in [0.3, 0.4) is 0 Å². The molecule has 0 aliphatic rings. The maximum atomic E-state index is 11.3. The molecule has 1 aromatic heterocycles. The van der Waals surface area contributed by atoms with Crippen LogP contribution < -0.4 is 5.32 Å². The fourth-order valence-corrected chi connectivity index (χ4v) is 2.56. The molecule has 0 bridgehead atoms. The van der Waals surface area contributed by atoms with Crippen molar-refractivity contribution >= 4 is 34.6 Å². The summed E-state index contributed by atoms with van der Waals surface area (Å²) in [6, 6.07) is 9.40. The molecule has 2 rings (SSSR count). The van der Waals surface area contributed by atoms with Crippen LogP contribution in [-0.2, 0) is 4.79 Å². The molecule has 0 saturated heterocycles. The standard InChI is InChI=1S/C13H9ClN2O2S/c14-10-6-9(4-3-8(10)7-15)16-12(13(17)18)11-2-1-5-19-11/h1-6,12,16H,(H,17,18). The van der Waals surface area contributed by atoms with E-state index in [1.807, 2.05) is 11.4 Å². The summed E-state index contributed by atoms with van der Waals surface area (Å²) in [6.07, 6.45) is 0. The van der Waals surface area contributed by atoms with Crippen LogP contribution in [0.4, 0.5) is 5.69 Å². The van der Waals surface area contributed by atoms with E-state index in [2.05, 4.69) is 5.32 Å². The normalized spacial score (nSPS) is 11.6. The number of rotatable bonds is 4. The molecule has 1 aromatic carbocycles. The van der Waals surface area contributed by atoms with Gasteiger partial charge in [0.1, 0.15) is 6.07 Å². The zero-order valence-electron chi connectivity index (χ0n) is 9.63. The molecule has 0 spiro atoms. The fraction of sp³-hybridized carbons (Fsp3) is 0.0769. The smallest absolute Gasteiger partial charge is 0.331 e. The lowest BCUT2D eigenvalue weighted by molar-refractivity contribution is -0.138. The first kappa shape index (κ1) is 13.4. The zero-order chi connectivity index (χ0) is 13.8. The molecule has 1 unspecified atom stereocenters. The van der Waals surface area contributed by atoms with Crippen LogP contribution in [0.2, 0.25) is 5.02 Å². The van der Waals surface area contributed by atoms with Gasteiger partial charge in [-0.3, -0.25) is 0 Å². The van der Waals surface area contributed by atoms with Gasteiger partial charge in [-0.15, -0.1) is 11.3 Å². The predicted molar refractivity (Wildman–Crippen MR) is 74.5 cm³/mol. The molecule has 1 heterocycles. The van der Waals surface area contributed by atoms with Crippen molar-refractivity contribution in [2.75, 3.05) is 5.32 Å². The van der Waals surface area contributed by atoms with Crippen molar-refractivity contribution < 1.29 is 9.90 Å². The largest absolute Gasteiger partial charge is 0.479 e. The van der Waals surface area contributed by atoms with Crippen LogP contribution in [0.15, 0.2) is 35.7 Å². The first-order valence-electron chi connectivity index (χ1n) is 5.34. The molecule has 19 heavy (non-hydrogen) atoms. The van der Waals surface area contributed by atoms with Crippen molar-refractivity contribution in [2.45, 2.75) is 6.04 Å². The highest BCUT2D eigenvalue weighted by atomic mass is 35.5. The van der Waals surface area contributed by atoms with E-state index in [9.17, 15) is 9.90 Å². The second-order valence-corrected chi connectivity index (χ2v) is 5.12. The Labute approximate surface area is 118 Å². The number of benzene rings is 1. The molecule has 0 fully saturated rings. The summed E-state index contributed by atoms with van der Waals surface area (Å²) < 4.78 is 0. The quantitative estimate of drug-likeness (QED) is 0.904. The van der Waals surface area contributed by atoms with Crippen molar-refractivity contribution in [3.63, 3.8) is 0 Å². The van der Waals surface area contributed by atoms with Gasteiger partial charge in [-0.1, -0.05) is 17.7 Å². The van der Waals surface area contributed by atoms with Crippen molar-refractivity contribution in [3.05, 3.63) is 51.2 Å². The number of carboxylic acid groups (broad SMARTS) is 1. The summed E-state index contributed by atoms with van der Waals surface area (Å²) >= 11 is 7.27. The van der Waals surface area contributed by atoms with E-state index in [1.54, 1.807) is 30.3 Å². The molecule has 0 radical (unpaired) electrons. The van der Waals surface area contributed by atoms with Gasteiger partial charge in [0, 0.05) is 10.6 Å². The lowest BCUT2D eigenvalue weighted by Crippen LogP contribution is -2.19. The Morgan fingerprint density at radius 2 is 2.26 bits per heavy atom. The number of aliphatic carboxylic acids is 1. The van der Waals surface area contributed by atoms with Gasteiger partial charge in [0.25, 0.3) is 0 Å². The van der Waals surface area contributed by atoms with Gasteiger partial charge >= 0.3 is 5.97 Å². The highest BCUT2D eigenvalue weighted by Gasteiger charge is 2.20. The summed E-state index contributed by atoms with van der Waals surface area (Å²) in [4.78, 5) is 12.0. The second kappa shape index (κ2) is 5.74. The molecule has 96 valence electrons. The van der Waals surface area contributed by atoms with E-state index < -0.39 is 12.0 Å². The Balaban J connectivity index is 2.26. The van der Waals surface area contributed by atoms with Crippen LogP contribution >= 0.6 is 22.9 Å². The summed E-state index contributed by atoms with van der Waals surface area (Å²) in [5.74, 6) is -0.970. The number of carbonyl (C=O) groups is 1. The fourth-order valence-electron chi connectivity index (χ4n) is 1.57. The van der Waals surface area contributed by atoms with Crippen molar-refractivity contribution in [2.24, 2.45) is 0 Å². The zero-order valence-corrected chi connectivity index (χ0v) is 11.2. The number of thiophene rings is 1. The average molecular weight is 293 g/mol. The molecule has 4 nitrogen and oxygen atoms in total. The van der Waals surface area contributed by atoms with Gasteiger partial charge in [0.05, 0.1) is 10.6 Å². The minimum atomic E-state index is -0.970. The average Bonchev–Trinajstić information content (AvgIpc) is 2.89. The maximum Gasteiger partial charge on any atom is 0.331 e. The lowest BCUT2D eigenvalue weighted by Gasteiger charge is -2.14. The molecule has 0 amide bonds. The van der Waals surface area contributed by atoms with Gasteiger partial charge in [0.2, 0.25) is 0 Å². The van der Waals surface area contributed by atoms with Gasteiger partial charge in [-0.05, 0) is 29.6 Å². The summed E-state index contributed by atoms with van der Waals surface area (Å²) in [5.41, 5.74) is 0.917. The second-order valence-electron chi connectivity index (χ2n) is 3.74. The SMILES string of the molecule is N#Cc1ccc(NC(C(=O)O)c2cccs2)cc1Cl. The van der Waals surface area contributed by atoms with Gasteiger partial charge in [0.15, 0.2) is 6.04 Å². The van der Waals surface area contributed by atoms with Gasteiger partial charge in [-0.25, -0.2) is 4.79 Å². The van der Waals surface area contributed by atoms with E-state index in [-0.39, 0.29) is 0 Å². The Morgan fingerprint density at radius 3 is 2.79 bits per heavy atom. The highest BCUT2D eigenvalue weighted by molar-refractivity contribution is 7.10. The third-order valence-corrected chi connectivity index (χ3v) is 3.73. The van der Waals surface area contributed by atoms with Crippen LogP contribution in [0, 0.1) is 11.3 Å². The van der Waals surface area contributed by atoms with Crippen LogP contribution in [0.25, 0.3) is 0 Å². The molecular weight excluding hydrogens is 284 g/mol. The third kappa shape index (κ3) is 3.05. The first-order valence-corrected chi connectivity index (χ1v) is 6.60. The molecule has 6 heteroatoms. The van der Waals surface area contributed by atoms with Gasteiger partial charge in [-0.2, -0.15) is 5.26 Å². The number of nitrogens with zero attached hydrogens (tertiary/aromatic N) is 1. The Kier molecular flexibility index (Phi) is 4.05. The van der Waals surface area contributed by atoms with E-state index >= 15 is 0 Å². The number of anilines is 1. The molecule has 2 N–H and O–H groups in total. The van der Waals surface area contributed by atoms with E-state index in [4.69, 9.17) is 16.9 Å². The first-order chi connectivity index (χ1) is 9.11. The maximum absolute atomic E-state index is 11.3. The van der Waals surface area contributed by atoms with E-state index in [0.29, 0.717) is 21.2 Å². The van der Waals surface area contributed by atoms with Gasteiger partial charge < -0.3 is 10.4 Å². The van der Waals surface area contributed by atoms with E-state index in [0.717, 1.165) is 0 Å². The molecule has 0 aliphatic carbocycles. The number of nitriles is 1. The van der Waals surface area contributed by atoms with E-state index in [1.165, 1.54) is 11.3 Å². The minimum absolute atomic E-state index is 0.294.